The summed E-state index contributed by atoms with van der Waals surface area (Å²) < 4.78 is 6.74. The number of tetrazole rings is 1. The number of carbonyl (C=O) groups excluding carboxylic acids is 1. The van der Waals surface area contributed by atoms with Gasteiger partial charge < -0.3 is 4.74 Å². The Kier molecular flexibility index (Phi) is 5.20. The SMILES string of the molecule is COC(=O)c1ccccc1-n1nnnc1C1(N2CCCCC2)CCCCC1. The van der Waals surface area contributed by atoms with E-state index in [0.29, 0.717) is 11.3 Å². The molecule has 0 amide bonds. The third kappa shape index (κ3) is 3.25. The van der Waals surface area contributed by atoms with E-state index in [4.69, 9.17) is 4.74 Å². The molecule has 1 aromatic carbocycles. The van der Waals surface area contributed by atoms with Gasteiger partial charge in [-0.05, 0) is 61.3 Å². The van der Waals surface area contributed by atoms with Gasteiger partial charge in [-0.1, -0.05) is 37.8 Å². The molecule has 1 saturated carbocycles. The Labute approximate surface area is 159 Å². The van der Waals surface area contributed by atoms with Gasteiger partial charge in [0.1, 0.15) is 0 Å². The highest BCUT2D eigenvalue weighted by Gasteiger charge is 2.44. The van der Waals surface area contributed by atoms with Crippen molar-refractivity contribution in [2.45, 2.75) is 56.9 Å². The van der Waals surface area contributed by atoms with Crippen LogP contribution in [0.1, 0.15) is 67.5 Å². The number of aromatic nitrogens is 4. The fraction of sp³-hybridized carbons (Fsp3) is 0.600. The smallest absolute Gasteiger partial charge is 0.340 e. The monoisotopic (exact) mass is 369 g/mol. The lowest BCUT2D eigenvalue weighted by Crippen LogP contribution is -2.51. The number of rotatable bonds is 4. The molecule has 4 rings (SSSR count). The second-order valence-electron chi connectivity index (χ2n) is 7.56. The maximum Gasteiger partial charge on any atom is 0.340 e. The Morgan fingerprint density at radius 1 is 1.04 bits per heavy atom. The van der Waals surface area contributed by atoms with Gasteiger partial charge in [0.25, 0.3) is 0 Å². The van der Waals surface area contributed by atoms with Crippen molar-refractivity contribution in [3.63, 3.8) is 0 Å². The quantitative estimate of drug-likeness (QED) is 0.771. The predicted molar refractivity (Wildman–Crippen MR) is 101 cm³/mol. The van der Waals surface area contributed by atoms with Gasteiger partial charge in [-0.25, -0.2) is 4.79 Å². The summed E-state index contributed by atoms with van der Waals surface area (Å²) in [7, 11) is 1.40. The van der Waals surface area contributed by atoms with Gasteiger partial charge in [0.2, 0.25) is 0 Å². The first-order chi connectivity index (χ1) is 13.3. The Balaban J connectivity index is 1.81. The summed E-state index contributed by atoms with van der Waals surface area (Å²) in [6.07, 6.45) is 9.49. The third-order valence-corrected chi connectivity index (χ3v) is 6.07. The number of likely N-dealkylation sites (tertiary alicyclic amines) is 1. The van der Waals surface area contributed by atoms with Gasteiger partial charge in [0.15, 0.2) is 5.82 Å². The normalized spacial score (nSPS) is 20.3. The standard InChI is InChI=1S/C20H27N5O2/c1-27-18(26)16-10-4-5-11-17(16)25-19(21-22-23-25)20(12-6-2-7-13-20)24-14-8-3-9-15-24/h4-5,10-11H,2-3,6-9,12-15H2,1H3. The zero-order valence-electron chi connectivity index (χ0n) is 15.9. The molecule has 0 atom stereocenters. The molecule has 2 heterocycles. The zero-order chi connectivity index (χ0) is 18.7. The number of nitrogens with zero attached hydrogens (tertiary/aromatic N) is 5. The summed E-state index contributed by atoms with van der Waals surface area (Å²) in [5.41, 5.74) is 1.02. The Hall–Kier alpha value is -2.28. The summed E-state index contributed by atoms with van der Waals surface area (Å²) in [6, 6.07) is 7.39. The molecule has 0 radical (unpaired) electrons. The number of methoxy groups -OCH3 is 1. The van der Waals surface area contributed by atoms with Crippen LogP contribution in [0.2, 0.25) is 0 Å². The average molecular weight is 369 g/mol. The molecule has 7 heteroatoms. The van der Waals surface area contributed by atoms with E-state index in [1.807, 2.05) is 18.2 Å². The van der Waals surface area contributed by atoms with Crippen molar-refractivity contribution in [3.05, 3.63) is 35.7 Å². The van der Waals surface area contributed by atoms with E-state index >= 15 is 0 Å². The lowest BCUT2D eigenvalue weighted by Gasteiger charge is -2.47. The fourth-order valence-electron chi connectivity index (χ4n) is 4.72. The molecule has 0 spiro atoms. The molecule has 0 N–H and O–H groups in total. The third-order valence-electron chi connectivity index (χ3n) is 6.07. The van der Waals surface area contributed by atoms with Gasteiger partial charge in [-0.2, -0.15) is 4.68 Å². The van der Waals surface area contributed by atoms with Crippen LogP contribution in [0.3, 0.4) is 0 Å². The minimum absolute atomic E-state index is 0.147. The zero-order valence-corrected chi connectivity index (χ0v) is 15.9. The van der Waals surface area contributed by atoms with Gasteiger partial charge in [0.05, 0.1) is 23.9 Å². The second kappa shape index (κ2) is 7.76. The molecule has 144 valence electrons. The maximum absolute atomic E-state index is 12.3. The molecule has 0 bridgehead atoms. The molecular formula is C20H27N5O2. The summed E-state index contributed by atoms with van der Waals surface area (Å²) >= 11 is 0. The van der Waals surface area contributed by atoms with E-state index in [0.717, 1.165) is 31.8 Å². The number of hydrogen-bond acceptors (Lipinski definition) is 6. The first kappa shape index (κ1) is 18.1. The molecule has 1 aliphatic carbocycles. The molecule has 2 aliphatic rings. The average Bonchev–Trinajstić information content (AvgIpc) is 3.24. The highest BCUT2D eigenvalue weighted by atomic mass is 16.5. The highest BCUT2D eigenvalue weighted by Crippen LogP contribution is 2.43. The molecule has 27 heavy (non-hydrogen) atoms. The van der Waals surface area contributed by atoms with E-state index in [9.17, 15) is 4.79 Å². The molecule has 2 fully saturated rings. The summed E-state index contributed by atoms with van der Waals surface area (Å²) in [4.78, 5) is 14.9. The van der Waals surface area contributed by atoms with Gasteiger partial charge in [-0.15, -0.1) is 5.10 Å². The largest absolute Gasteiger partial charge is 0.465 e. The van der Waals surface area contributed by atoms with Crippen LogP contribution in [0.4, 0.5) is 0 Å². The first-order valence-corrected chi connectivity index (χ1v) is 9.98. The number of benzene rings is 1. The number of carbonyl (C=O) groups is 1. The van der Waals surface area contributed by atoms with Crippen molar-refractivity contribution in [2.75, 3.05) is 20.2 Å². The lowest BCUT2D eigenvalue weighted by atomic mass is 9.78. The van der Waals surface area contributed by atoms with Crippen molar-refractivity contribution in [3.8, 4) is 5.69 Å². The molecule has 1 saturated heterocycles. The number of esters is 1. The van der Waals surface area contributed by atoms with Gasteiger partial charge >= 0.3 is 5.97 Å². The summed E-state index contributed by atoms with van der Waals surface area (Å²) in [5, 5.41) is 12.8. The Morgan fingerprint density at radius 3 is 2.48 bits per heavy atom. The summed E-state index contributed by atoms with van der Waals surface area (Å²) in [5.74, 6) is 0.489. The Bertz CT molecular complexity index is 791. The van der Waals surface area contributed by atoms with Crippen LogP contribution in [-0.4, -0.2) is 51.3 Å². The van der Waals surface area contributed by atoms with Crippen molar-refractivity contribution in [1.82, 2.24) is 25.1 Å². The highest BCUT2D eigenvalue weighted by molar-refractivity contribution is 5.93. The molecule has 2 aromatic rings. The van der Waals surface area contributed by atoms with Gasteiger partial charge in [0, 0.05) is 0 Å². The minimum Gasteiger partial charge on any atom is -0.465 e. The van der Waals surface area contributed by atoms with Crippen LogP contribution in [0, 0.1) is 0 Å². The number of hydrogen-bond donors (Lipinski definition) is 0. The van der Waals surface area contributed by atoms with Crippen LogP contribution < -0.4 is 0 Å². The van der Waals surface area contributed by atoms with E-state index in [1.165, 1.54) is 45.6 Å². The van der Waals surface area contributed by atoms with E-state index in [1.54, 1.807) is 10.7 Å². The van der Waals surface area contributed by atoms with Crippen molar-refractivity contribution < 1.29 is 9.53 Å². The maximum atomic E-state index is 12.3. The fourth-order valence-corrected chi connectivity index (χ4v) is 4.72. The Morgan fingerprint density at radius 2 is 1.74 bits per heavy atom. The van der Waals surface area contributed by atoms with Crippen LogP contribution >= 0.6 is 0 Å². The van der Waals surface area contributed by atoms with Gasteiger partial charge in [-0.3, -0.25) is 4.90 Å². The molecule has 0 unspecified atom stereocenters. The van der Waals surface area contributed by atoms with Crippen LogP contribution in [0.25, 0.3) is 5.69 Å². The minimum atomic E-state index is -0.372. The second-order valence-corrected chi connectivity index (χ2v) is 7.56. The molecule has 7 nitrogen and oxygen atoms in total. The predicted octanol–water partition coefficient (Wildman–Crippen LogP) is 3.09. The molecule has 1 aromatic heterocycles. The van der Waals surface area contributed by atoms with Crippen molar-refractivity contribution in [2.24, 2.45) is 0 Å². The number of piperidine rings is 1. The first-order valence-electron chi connectivity index (χ1n) is 9.98. The summed E-state index contributed by atoms with van der Waals surface area (Å²) in [6.45, 7) is 2.18. The number of ether oxygens (including phenoxy) is 1. The van der Waals surface area contributed by atoms with E-state index in [-0.39, 0.29) is 11.5 Å². The topological polar surface area (TPSA) is 73.1 Å². The van der Waals surface area contributed by atoms with E-state index in [2.05, 4.69) is 20.4 Å². The molecular weight excluding hydrogens is 342 g/mol. The van der Waals surface area contributed by atoms with Crippen LogP contribution in [-0.2, 0) is 10.3 Å². The van der Waals surface area contributed by atoms with Crippen LogP contribution in [0.5, 0.6) is 0 Å². The lowest BCUT2D eigenvalue weighted by molar-refractivity contribution is 0.0213. The van der Waals surface area contributed by atoms with E-state index < -0.39 is 0 Å². The number of para-hydroxylation sites is 1. The van der Waals surface area contributed by atoms with Crippen molar-refractivity contribution >= 4 is 5.97 Å². The van der Waals surface area contributed by atoms with Crippen molar-refractivity contribution in [1.29, 1.82) is 0 Å². The van der Waals surface area contributed by atoms with Crippen LogP contribution in [0.15, 0.2) is 24.3 Å². The molecule has 1 aliphatic heterocycles.